The van der Waals surface area contributed by atoms with Gasteiger partial charge in [0.1, 0.15) is 6.10 Å². The molecule has 0 aromatic heterocycles. The summed E-state index contributed by atoms with van der Waals surface area (Å²) < 4.78 is 5.61. The highest BCUT2D eigenvalue weighted by Crippen LogP contribution is 2.09. The lowest BCUT2D eigenvalue weighted by atomic mass is 10.1. The van der Waals surface area contributed by atoms with Crippen LogP contribution < -0.4 is 5.32 Å². The smallest absolute Gasteiger partial charge is 0.208 e. The molecule has 2 rings (SSSR count). The zero-order valence-corrected chi connectivity index (χ0v) is 7.34. The van der Waals surface area contributed by atoms with Gasteiger partial charge in [-0.3, -0.25) is 4.99 Å². The minimum absolute atomic E-state index is 0.353. The van der Waals surface area contributed by atoms with Crippen molar-refractivity contribution in [2.45, 2.75) is 19.4 Å². The predicted octanol–water partition coefficient (Wildman–Crippen LogP) is 0.723. The molecule has 0 aliphatic carbocycles. The molecule has 0 atom stereocenters. The molecule has 1 fully saturated rings. The Morgan fingerprint density at radius 3 is 3.00 bits per heavy atom. The van der Waals surface area contributed by atoms with Gasteiger partial charge in [0.2, 0.25) is 5.90 Å². The maximum atomic E-state index is 5.61. The zero-order chi connectivity index (χ0) is 8.39. The third-order valence-electron chi connectivity index (χ3n) is 2.18. The second kappa shape index (κ2) is 3.27. The van der Waals surface area contributed by atoms with E-state index in [0.29, 0.717) is 6.10 Å². The minimum Gasteiger partial charge on any atom is -0.472 e. The van der Waals surface area contributed by atoms with Crippen LogP contribution in [0.25, 0.3) is 0 Å². The number of nitrogens with one attached hydrogen (secondary N) is 1. The molecule has 3 heteroatoms. The molecule has 0 bridgehead atoms. The van der Waals surface area contributed by atoms with Gasteiger partial charge in [0.15, 0.2) is 0 Å². The van der Waals surface area contributed by atoms with Crippen molar-refractivity contribution in [3.05, 3.63) is 11.6 Å². The van der Waals surface area contributed by atoms with Gasteiger partial charge >= 0.3 is 0 Å². The van der Waals surface area contributed by atoms with E-state index in [4.69, 9.17) is 4.74 Å². The van der Waals surface area contributed by atoms with Crippen molar-refractivity contribution >= 4 is 5.90 Å². The van der Waals surface area contributed by atoms with Crippen LogP contribution >= 0.6 is 0 Å². The number of hydrogen-bond acceptors (Lipinski definition) is 3. The molecular formula is C9H14N2O. The highest BCUT2D eigenvalue weighted by molar-refractivity contribution is 5.89. The summed E-state index contributed by atoms with van der Waals surface area (Å²) in [6, 6.07) is 0. The van der Waals surface area contributed by atoms with E-state index < -0.39 is 0 Å². The average Bonchev–Trinajstić information content (AvgIpc) is 1.97. The molecule has 0 radical (unpaired) electrons. The molecule has 2 aliphatic heterocycles. The average molecular weight is 166 g/mol. The van der Waals surface area contributed by atoms with E-state index in [1.54, 1.807) is 0 Å². The van der Waals surface area contributed by atoms with Gasteiger partial charge in [0, 0.05) is 19.6 Å². The number of nitrogens with zero attached hydrogens (tertiary/aromatic N) is 1. The van der Waals surface area contributed by atoms with Crippen molar-refractivity contribution in [1.29, 1.82) is 0 Å². The van der Waals surface area contributed by atoms with Crippen LogP contribution in [0.4, 0.5) is 0 Å². The normalized spacial score (nSPS) is 24.1. The van der Waals surface area contributed by atoms with Crippen molar-refractivity contribution in [2.24, 2.45) is 4.99 Å². The molecule has 0 spiro atoms. The van der Waals surface area contributed by atoms with Crippen LogP contribution in [0.5, 0.6) is 0 Å². The lowest BCUT2D eigenvalue weighted by Gasteiger charge is -2.28. The summed E-state index contributed by atoms with van der Waals surface area (Å²) in [5.41, 5.74) is 1.37. The van der Waals surface area contributed by atoms with Crippen molar-refractivity contribution in [3.63, 3.8) is 0 Å². The fourth-order valence-electron chi connectivity index (χ4n) is 1.26. The number of hydrogen-bond donors (Lipinski definition) is 1. The minimum atomic E-state index is 0.353. The first kappa shape index (κ1) is 7.80. The molecule has 12 heavy (non-hydrogen) atoms. The standard InChI is InChI=1S/C9H14N2O/c1-7-2-3-11-9(4-7)12-8-5-10-6-8/h4,8,10H,2-3,5-6H2,1H3. The second-order valence-electron chi connectivity index (χ2n) is 3.36. The molecule has 0 amide bonds. The molecule has 3 nitrogen and oxygen atoms in total. The van der Waals surface area contributed by atoms with Crippen LogP contribution in [-0.4, -0.2) is 31.6 Å². The Hall–Kier alpha value is -0.830. The van der Waals surface area contributed by atoms with Crippen LogP contribution in [0, 0.1) is 0 Å². The first-order chi connectivity index (χ1) is 5.84. The fourth-order valence-corrected chi connectivity index (χ4v) is 1.26. The van der Waals surface area contributed by atoms with Gasteiger partial charge in [-0.25, -0.2) is 0 Å². The van der Waals surface area contributed by atoms with Crippen LogP contribution in [0.3, 0.4) is 0 Å². The summed E-state index contributed by atoms with van der Waals surface area (Å²) in [4.78, 5) is 4.29. The molecule has 1 N–H and O–H groups in total. The Bertz CT molecular complexity index is 229. The summed E-state index contributed by atoms with van der Waals surface area (Å²) in [6.07, 6.45) is 3.48. The highest BCUT2D eigenvalue weighted by Gasteiger charge is 2.19. The molecule has 0 aromatic rings. The van der Waals surface area contributed by atoms with Gasteiger partial charge in [-0.05, 0) is 19.4 Å². The molecule has 1 saturated heterocycles. The van der Waals surface area contributed by atoms with Crippen molar-refractivity contribution in [1.82, 2.24) is 5.32 Å². The number of ether oxygens (including phenoxy) is 1. The van der Waals surface area contributed by atoms with Crippen LogP contribution in [0.1, 0.15) is 13.3 Å². The molecule has 0 aromatic carbocycles. The van der Waals surface area contributed by atoms with E-state index in [0.717, 1.165) is 32.0 Å². The van der Waals surface area contributed by atoms with Crippen LogP contribution in [0.2, 0.25) is 0 Å². The van der Waals surface area contributed by atoms with Gasteiger partial charge in [-0.1, -0.05) is 5.57 Å². The quantitative estimate of drug-likeness (QED) is 0.623. The Labute approximate surface area is 72.5 Å². The summed E-state index contributed by atoms with van der Waals surface area (Å²) in [6.45, 7) is 4.94. The summed E-state index contributed by atoms with van der Waals surface area (Å²) in [5.74, 6) is 0.824. The largest absolute Gasteiger partial charge is 0.472 e. The van der Waals surface area contributed by atoms with E-state index in [1.165, 1.54) is 5.57 Å². The van der Waals surface area contributed by atoms with Crippen LogP contribution in [-0.2, 0) is 4.74 Å². The SMILES string of the molecule is CC1=CC(OC2CNC2)=NCC1. The highest BCUT2D eigenvalue weighted by atomic mass is 16.5. The monoisotopic (exact) mass is 166 g/mol. The lowest BCUT2D eigenvalue weighted by molar-refractivity contribution is 0.130. The number of rotatable bonds is 1. The Morgan fingerprint density at radius 2 is 2.42 bits per heavy atom. The third-order valence-corrected chi connectivity index (χ3v) is 2.18. The van der Waals surface area contributed by atoms with E-state index in [-0.39, 0.29) is 0 Å². The Kier molecular flexibility index (Phi) is 2.13. The van der Waals surface area contributed by atoms with Gasteiger partial charge in [0.05, 0.1) is 0 Å². The molecule has 0 unspecified atom stereocenters. The second-order valence-corrected chi connectivity index (χ2v) is 3.36. The Morgan fingerprint density at radius 1 is 1.58 bits per heavy atom. The van der Waals surface area contributed by atoms with Crippen molar-refractivity contribution in [2.75, 3.05) is 19.6 Å². The third kappa shape index (κ3) is 1.67. The first-order valence-electron chi connectivity index (χ1n) is 4.43. The molecule has 66 valence electrons. The molecule has 0 saturated carbocycles. The summed E-state index contributed by atoms with van der Waals surface area (Å²) in [7, 11) is 0. The zero-order valence-electron chi connectivity index (χ0n) is 7.34. The maximum absolute atomic E-state index is 5.61. The fraction of sp³-hybridized carbons (Fsp3) is 0.667. The van der Waals surface area contributed by atoms with Crippen molar-refractivity contribution < 1.29 is 4.74 Å². The summed E-state index contributed by atoms with van der Waals surface area (Å²) in [5, 5.41) is 3.16. The van der Waals surface area contributed by atoms with Gasteiger partial charge in [-0.15, -0.1) is 0 Å². The topological polar surface area (TPSA) is 33.6 Å². The van der Waals surface area contributed by atoms with Gasteiger partial charge in [-0.2, -0.15) is 0 Å². The van der Waals surface area contributed by atoms with Gasteiger partial charge < -0.3 is 10.1 Å². The van der Waals surface area contributed by atoms with E-state index in [2.05, 4.69) is 17.2 Å². The lowest BCUT2D eigenvalue weighted by Crippen LogP contribution is -2.49. The molecule has 2 aliphatic rings. The van der Waals surface area contributed by atoms with Crippen LogP contribution in [0.15, 0.2) is 16.6 Å². The first-order valence-corrected chi connectivity index (χ1v) is 4.43. The Balaban J connectivity index is 1.90. The van der Waals surface area contributed by atoms with E-state index in [1.807, 2.05) is 6.08 Å². The van der Waals surface area contributed by atoms with Crippen molar-refractivity contribution in [3.8, 4) is 0 Å². The van der Waals surface area contributed by atoms with Gasteiger partial charge in [0.25, 0.3) is 0 Å². The van der Waals surface area contributed by atoms with E-state index >= 15 is 0 Å². The molecular weight excluding hydrogens is 152 g/mol. The number of aliphatic imine (C=N–C) groups is 1. The predicted molar refractivity (Wildman–Crippen MR) is 48.4 cm³/mol. The molecule has 2 heterocycles. The maximum Gasteiger partial charge on any atom is 0.208 e. The van der Waals surface area contributed by atoms with E-state index in [9.17, 15) is 0 Å². The summed E-state index contributed by atoms with van der Waals surface area (Å²) >= 11 is 0. The number of dihydropyridines is 1.